The largest absolute Gasteiger partial charge is 0.355 e. The van der Waals surface area contributed by atoms with E-state index in [-0.39, 0.29) is 23.6 Å². The minimum Gasteiger partial charge on any atom is -0.355 e. The molecule has 5 nitrogen and oxygen atoms in total. The topological polar surface area (TPSA) is 75.3 Å². The van der Waals surface area contributed by atoms with Crippen molar-refractivity contribution in [3.8, 4) is 0 Å². The molecule has 0 aromatic heterocycles. The quantitative estimate of drug-likeness (QED) is 0.851. The van der Waals surface area contributed by atoms with Gasteiger partial charge in [0.15, 0.2) is 0 Å². The van der Waals surface area contributed by atoms with Crippen LogP contribution in [-0.4, -0.2) is 32.7 Å². The molecule has 1 aromatic rings. The molecule has 0 bridgehead atoms. The highest BCUT2D eigenvalue weighted by Gasteiger charge is 2.24. The monoisotopic (exact) mass is 296 g/mol. The molecule has 1 fully saturated rings. The van der Waals surface area contributed by atoms with Crippen molar-refractivity contribution in [3.05, 3.63) is 35.9 Å². The Morgan fingerprint density at radius 1 is 1.35 bits per heavy atom. The predicted molar refractivity (Wildman–Crippen MR) is 77.8 cm³/mol. The Hall–Kier alpha value is -1.40. The first-order valence-electron chi connectivity index (χ1n) is 6.78. The van der Waals surface area contributed by atoms with Gasteiger partial charge in [-0.3, -0.25) is 4.79 Å². The van der Waals surface area contributed by atoms with Gasteiger partial charge < -0.3 is 5.32 Å². The molecule has 1 aromatic carbocycles. The van der Waals surface area contributed by atoms with Crippen LogP contribution in [0.4, 0.5) is 0 Å². The summed E-state index contributed by atoms with van der Waals surface area (Å²) < 4.78 is 27.0. The van der Waals surface area contributed by atoms with Crippen molar-refractivity contribution in [1.29, 1.82) is 0 Å². The maximum Gasteiger partial charge on any atom is 0.220 e. The summed E-state index contributed by atoms with van der Waals surface area (Å²) in [6.07, 6.45) is 0.937. The Morgan fingerprint density at radius 3 is 2.65 bits per heavy atom. The molecule has 1 aliphatic heterocycles. The summed E-state index contributed by atoms with van der Waals surface area (Å²) in [5.41, 5.74) is 1.01. The smallest absolute Gasteiger partial charge is 0.220 e. The molecule has 2 unspecified atom stereocenters. The Bertz CT molecular complexity index is 547. The van der Waals surface area contributed by atoms with E-state index in [2.05, 4.69) is 10.0 Å². The van der Waals surface area contributed by atoms with E-state index in [9.17, 15) is 13.2 Å². The Labute approximate surface area is 119 Å². The fourth-order valence-electron chi connectivity index (χ4n) is 2.34. The average Bonchev–Trinajstić information content (AvgIpc) is 2.41. The van der Waals surface area contributed by atoms with Gasteiger partial charge in [0.2, 0.25) is 15.9 Å². The summed E-state index contributed by atoms with van der Waals surface area (Å²) in [6.45, 7) is 2.27. The third-order valence-corrected chi connectivity index (χ3v) is 5.08. The third-order valence-electron chi connectivity index (χ3n) is 3.45. The van der Waals surface area contributed by atoms with Crippen molar-refractivity contribution < 1.29 is 13.2 Å². The summed E-state index contributed by atoms with van der Waals surface area (Å²) in [4.78, 5) is 11.0. The fourth-order valence-corrected chi connectivity index (χ4v) is 4.00. The van der Waals surface area contributed by atoms with E-state index in [1.807, 2.05) is 37.3 Å². The Kier molecular flexibility index (Phi) is 4.77. The average molecular weight is 296 g/mol. The van der Waals surface area contributed by atoms with E-state index in [0.717, 1.165) is 5.56 Å². The van der Waals surface area contributed by atoms with Gasteiger partial charge in [-0.1, -0.05) is 37.3 Å². The number of piperidine rings is 1. The van der Waals surface area contributed by atoms with E-state index >= 15 is 0 Å². The van der Waals surface area contributed by atoms with Crippen LogP contribution in [0.25, 0.3) is 0 Å². The first-order chi connectivity index (χ1) is 9.46. The van der Waals surface area contributed by atoms with Crippen molar-refractivity contribution in [1.82, 2.24) is 10.0 Å². The highest BCUT2D eigenvalue weighted by Crippen LogP contribution is 2.17. The van der Waals surface area contributed by atoms with E-state index in [1.165, 1.54) is 0 Å². The van der Waals surface area contributed by atoms with Gasteiger partial charge >= 0.3 is 0 Å². The van der Waals surface area contributed by atoms with E-state index in [0.29, 0.717) is 19.4 Å². The number of amides is 1. The van der Waals surface area contributed by atoms with Crippen molar-refractivity contribution in [2.24, 2.45) is 0 Å². The first kappa shape index (κ1) is 15.0. The molecule has 1 saturated heterocycles. The molecule has 2 atom stereocenters. The summed E-state index contributed by atoms with van der Waals surface area (Å²) in [7, 11) is -3.35. The van der Waals surface area contributed by atoms with Crippen LogP contribution in [0, 0.1) is 0 Å². The summed E-state index contributed by atoms with van der Waals surface area (Å²) in [5.74, 6) is -0.0217. The zero-order valence-electron chi connectivity index (χ0n) is 11.5. The zero-order valence-corrected chi connectivity index (χ0v) is 12.3. The highest BCUT2D eigenvalue weighted by molar-refractivity contribution is 7.89. The molecule has 6 heteroatoms. The number of hydrogen-bond donors (Lipinski definition) is 2. The molecule has 110 valence electrons. The van der Waals surface area contributed by atoms with Crippen molar-refractivity contribution in [2.45, 2.75) is 31.7 Å². The van der Waals surface area contributed by atoms with Crippen LogP contribution in [-0.2, 0) is 14.8 Å². The number of rotatable bonds is 5. The van der Waals surface area contributed by atoms with Gasteiger partial charge in [0, 0.05) is 19.0 Å². The second kappa shape index (κ2) is 6.37. The maximum absolute atomic E-state index is 12.1. The zero-order chi connectivity index (χ0) is 14.6. The Balaban J connectivity index is 1.92. The predicted octanol–water partition coefficient (Wildman–Crippen LogP) is 0.988. The van der Waals surface area contributed by atoms with Gasteiger partial charge in [0.25, 0.3) is 0 Å². The molecule has 1 aliphatic rings. The van der Waals surface area contributed by atoms with Gasteiger partial charge in [0.05, 0.1) is 5.75 Å². The number of sulfonamides is 1. The molecular formula is C14H20N2O3S. The van der Waals surface area contributed by atoms with Crippen LogP contribution < -0.4 is 10.0 Å². The van der Waals surface area contributed by atoms with E-state index < -0.39 is 10.0 Å². The lowest BCUT2D eigenvalue weighted by atomic mass is 10.0. The number of carbonyl (C=O) groups is 1. The van der Waals surface area contributed by atoms with Crippen molar-refractivity contribution in [2.75, 3.05) is 12.3 Å². The van der Waals surface area contributed by atoms with Crippen LogP contribution in [0.3, 0.4) is 0 Å². The van der Waals surface area contributed by atoms with Gasteiger partial charge in [-0.25, -0.2) is 13.1 Å². The Morgan fingerprint density at radius 2 is 2.05 bits per heavy atom. The van der Waals surface area contributed by atoms with Crippen LogP contribution in [0.15, 0.2) is 30.3 Å². The molecule has 1 heterocycles. The lowest BCUT2D eigenvalue weighted by Crippen LogP contribution is -2.48. The van der Waals surface area contributed by atoms with Gasteiger partial charge in [-0.2, -0.15) is 0 Å². The summed E-state index contributed by atoms with van der Waals surface area (Å²) in [6, 6.07) is 9.39. The highest BCUT2D eigenvalue weighted by atomic mass is 32.2. The number of benzene rings is 1. The minimum absolute atomic E-state index is 0.0156. The van der Waals surface area contributed by atoms with Gasteiger partial charge in [0.1, 0.15) is 0 Å². The van der Waals surface area contributed by atoms with Crippen molar-refractivity contribution in [3.63, 3.8) is 0 Å². The third kappa shape index (κ3) is 4.31. The molecule has 0 spiro atoms. The lowest BCUT2D eigenvalue weighted by Gasteiger charge is -2.24. The maximum atomic E-state index is 12.1. The van der Waals surface area contributed by atoms with Crippen LogP contribution in [0.1, 0.15) is 31.2 Å². The molecule has 0 radical (unpaired) electrons. The van der Waals surface area contributed by atoms with Crippen LogP contribution in [0.5, 0.6) is 0 Å². The molecular weight excluding hydrogens is 276 g/mol. The minimum atomic E-state index is -3.35. The molecule has 20 heavy (non-hydrogen) atoms. The van der Waals surface area contributed by atoms with Gasteiger partial charge in [-0.05, 0) is 17.9 Å². The standard InChI is InChI=1S/C14H20N2O3S/c1-11(12-5-3-2-4-6-12)10-20(18,19)16-13-7-8-14(17)15-9-13/h2-6,11,13,16H,7-10H2,1H3,(H,15,17). The molecule has 1 amide bonds. The molecule has 2 rings (SSSR count). The number of carbonyl (C=O) groups excluding carboxylic acids is 1. The molecule has 0 saturated carbocycles. The fraction of sp³-hybridized carbons (Fsp3) is 0.500. The van der Waals surface area contributed by atoms with Crippen LogP contribution >= 0.6 is 0 Å². The SMILES string of the molecule is CC(CS(=O)(=O)NC1CCC(=O)NC1)c1ccccc1. The molecule has 2 N–H and O–H groups in total. The second-order valence-electron chi connectivity index (χ2n) is 5.25. The van der Waals surface area contributed by atoms with Crippen molar-refractivity contribution >= 4 is 15.9 Å². The van der Waals surface area contributed by atoms with E-state index in [1.54, 1.807) is 0 Å². The van der Waals surface area contributed by atoms with Gasteiger partial charge in [-0.15, -0.1) is 0 Å². The summed E-state index contributed by atoms with van der Waals surface area (Å²) >= 11 is 0. The number of nitrogens with one attached hydrogen (secondary N) is 2. The summed E-state index contributed by atoms with van der Waals surface area (Å²) in [5, 5.41) is 2.67. The normalized spacial score (nSPS) is 21.2. The van der Waals surface area contributed by atoms with E-state index in [4.69, 9.17) is 0 Å². The number of hydrogen-bond acceptors (Lipinski definition) is 3. The van der Waals surface area contributed by atoms with Crippen LogP contribution in [0.2, 0.25) is 0 Å². The first-order valence-corrected chi connectivity index (χ1v) is 8.43. The second-order valence-corrected chi connectivity index (χ2v) is 7.05. The lowest BCUT2D eigenvalue weighted by molar-refractivity contribution is -0.122. The molecule has 0 aliphatic carbocycles.